The molecule has 1 heterocycles. The molecule has 0 saturated carbocycles. The number of aliphatic imine (C=N–C) groups is 1. The van der Waals surface area contributed by atoms with Crippen LogP contribution in [0.5, 0.6) is 11.5 Å². The fraction of sp³-hybridized carbons (Fsp3) is 0.650. The predicted molar refractivity (Wildman–Crippen MR) is 123 cm³/mol. The van der Waals surface area contributed by atoms with Gasteiger partial charge in [-0.15, -0.1) is 24.0 Å². The summed E-state index contributed by atoms with van der Waals surface area (Å²) in [6.07, 6.45) is 2.63. The average Bonchev–Trinajstić information content (AvgIpc) is 3.18. The third-order valence-electron chi connectivity index (χ3n) is 5.02. The van der Waals surface area contributed by atoms with E-state index in [-0.39, 0.29) is 24.0 Å². The van der Waals surface area contributed by atoms with Crippen molar-refractivity contribution in [1.82, 2.24) is 15.5 Å². The zero-order chi connectivity index (χ0) is 18.9. The first-order valence-electron chi connectivity index (χ1n) is 9.48. The SMILES string of the molecule is CN=C(NCc1ccc(OC)cc1OC)NCC(C(C)C)N1CCCC1.I. The molecule has 1 fully saturated rings. The molecule has 1 aromatic rings. The standard InChI is InChI=1S/C20H34N4O2.HI/c1-15(2)18(24-10-6-7-11-24)14-23-20(21-3)22-13-16-8-9-17(25-4)12-19(16)26-5;/h8-9,12,15,18H,6-7,10-11,13-14H2,1-5H3,(H2,21,22,23);1H. The first-order valence-corrected chi connectivity index (χ1v) is 9.48. The molecule has 154 valence electrons. The third-order valence-corrected chi connectivity index (χ3v) is 5.02. The molecule has 6 nitrogen and oxygen atoms in total. The normalized spacial score (nSPS) is 16.0. The summed E-state index contributed by atoms with van der Waals surface area (Å²) < 4.78 is 10.7. The van der Waals surface area contributed by atoms with Crippen LogP contribution in [0.4, 0.5) is 0 Å². The molecule has 0 radical (unpaired) electrons. The monoisotopic (exact) mass is 490 g/mol. The molecule has 0 aliphatic carbocycles. The number of halogens is 1. The molecule has 1 aliphatic heterocycles. The lowest BCUT2D eigenvalue weighted by Gasteiger charge is -2.31. The summed E-state index contributed by atoms with van der Waals surface area (Å²) in [5, 5.41) is 6.87. The maximum atomic E-state index is 5.46. The fourth-order valence-corrected chi connectivity index (χ4v) is 3.46. The summed E-state index contributed by atoms with van der Waals surface area (Å²) in [6, 6.07) is 6.39. The minimum atomic E-state index is 0. The van der Waals surface area contributed by atoms with Gasteiger partial charge in [-0.2, -0.15) is 0 Å². The van der Waals surface area contributed by atoms with E-state index < -0.39 is 0 Å². The van der Waals surface area contributed by atoms with E-state index in [2.05, 4.69) is 34.4 Å². The van der Waals surface area contributed by atoms with E-state index in [0.717, 1.165) is 29.6 Å². The lowest BCUT2D eigenvalue weighted by Crippen LogP contribution is -2.48. The number of hydrogen-bond donors (Lipinski definition) is 2. The maximum Gasteiger partial charge on any atom is 0.191 e. The second-order valence-electron chi connectivity index (χ2n) is 7.04. The van der Waals surface area contributed by atoms with Gasteiger partial charge < -0.3 is 20.1 Å². The van der Waals surface area contributed by atoms with E-state index in [4.69, 9.17) is 9.47 Å². The van der Waals surface area contributed by atoms with Gasteiger partial charge in [0.15, 0.2) is 5.96 Å². The quantitative estimate of drug-likeness (QED) is 0.333. The predicted octanol–water partition coefficient (Wildman–Crippen LogP) is 3.11. The smallest absolute Gasteiger partial charge is 0.191 e. The Labute approximate surface area is 181 Å². The summed E-state index contributed by atoms with van der Waals surface area (Å²) >= 11 is 0. The van der Waals surface area contributed by atoms with Crippen LogP contribution in [0.1, 0.15) is 32.3 Å². The third kappa shape index (κ3) is 7.03. The first kappa shape index (κ1) is 23.8. The van der Waals surface area contributed by atoms with E-state index in [9.17, 15) is 0 Å². The zero-order valence-corrected chi connectivity index (χ0v) is 19.6. The molecular formula is C20H35IN4O2. The molecule has 7 heteroatoms. The summed E-state index contributed by atoms with van der Waals surface area (Å²) in [7, 11) is 5.14. The highest BCUT2D eigenvalue weighted by Gasteiger charge is 2.24. The van der Waals surface area contributed by atoms with Crippen molar-refractivity contribution in [3.05, 3.63) is 23.8 Å². The van der Waals surface area contributed by atoms with Gasteiger partial charge in [0.05, 0.1) is 14.2 Å². The summed E-state index contributed by atoms with van der Waals surface area (Å²) in [5.41, 5.74) is 1.07. The van der Waals surface area contributed by atoms with E-state index in [1.807, 2.05) is 18.2 Å². The van der Waals surface area contributed by atoms with Crippen LogP contribution in [0.3, 0.4) is 0 Å². The average molecular weight is 490 g/mol. The number of likely N-dealkylation sites (tertiary alicyclic amines) is 1. The second kappa shape index (κ2) is 12.3. The number of guanidine groups is 1. The Balaban J connectivity index is 0.00000364. The second-order valence-corrected chi connectivity index (χ2v) is 7.04. The van der Waals surface area contributed by atoms with Crippen molar-refractivity contribution in [2.75, 3.05) is 40.9 Å². The lowest BCUT2D eigenvalue weighted by molar-refractivity contribution is 0.192. The topological polar surface area (TPSA) is 58.1 Å². The van der Waals surface area contributed by atoms with Crippen molar-refractivity contribution in [1.29, 1.82) is 0 Å². The Morgan fingerprint density at radius 1 is 1.15 bits per heavy atom. The number of benzene rings is 1. The number of rotatable bonds is 8. The summed E-state index contributed by atoms with van der Waals surface area (Å²) in [5.74, 6) is 3.02. The van der Waals surface area contributed by atoms with Gasteiger partial charge >= 0.3 is 0 Å². The molecule has 1 atom stereocenters. The molecule has 1 unspecified atom stereocenters. The van der Waals surface area contributed by atoms with Gasteiger partial charge in [0.1, 0.15) is 11.5 Å². The minimum Gasteiger partial charge on any atom is -0.497 e. The van der Waals surface area contributed by atoms with Crippen molar-refractivity contribution in [3.8, 4) is 11.5 Å². The molecule has 2 N–H and O–H groups in total. The van der Waals surface area contributed by atoms with E-state index >= 15 is 0 Å². The Morgan fingerprint density at radius 2 is 1.85 bits per heavy atom. The van der Waals surface area contributed by atoms with Crippen molar-refractivity contribution < 1.29 is 9.47 Å². The number of ether oxygens (including phenoxy) is 2. The van der Waals surface area contributed by atoms with Gasteiger partial charge in [-0.25, -0.2) is 0 Å². The summed E-state index contributed by atoms with van der Waals surface area (Å²) in [4.78, 5) is 6.96. The molecule has 27 heavy (non-hydrogen) atoms. The highest BCUT2D eigenvalue weighted by molar-refractivity contribution is 14.0. The molecule has 0 spiro atoms. The van der Waals surface area contributed by atoms with Crippen molar-refractivity contribution in [2.24, 2.45) is 10.9 Å². The van der Waals surface area contributed by atoms with Crippen LogP contribution in [0, 0.1) is 5.92 Å². The van der Waals surface area contributed by atoms with E-state index in [1.165, 1.54) is 25.9 Å². The largest absolute Gasteiger partial charge is 0.497 e. The van der Waals surface area contributed by atoms with E-state index in [1.54, 1.807) is 21.3 Å². The number of nitrogens with zero attached hydrogens (tertiary/aromatic N) is 2. The van der Waals surface area contributed by atoms with Crippen molar-refractivity contribution >= 4 is 29.9 Å². The molecule has 0 aromatic heterocycles. The molecule has 1 aliphatic rings. The van der Waals surface area contributed by atoms with Crippen LogP contribution >= 0.6 is 24.0 Å². The molecule has 0 amide bonds. The molecule has 2 rings (SSSR count). The van der Waals surface area contributed by atoms with Crippen LogP contribution in [-0.2, 0) is 6.54 Å². The highest BCUT2D eigenvalue weighted by atomic mass is 127. The molecule has 1 saturated heterocycles. The van der Waals surface area contributed by atoms with Crippen LogP contribution in [-0.4, -0.2) is 57.8 Å². The van der Waals surface area contributed by atoms with Crippen molar-refractivity contribution in [3.63, 3.8) is 0 Å². The fourth-order valence-electron chi connectivity index (χ4n) is 3.46. The maximum absolute atomic E-state index is 5.46. The number of methoxy groups -OCH3 is 2. The van der Waals surface area contributed by atoms with Gasteiger partial charge in [0.25, 0.3) is 0 Å². The highest BCUT2D eigenvalue weighted by Crippen LogP contribution is 2.24. The molecule has 0 bridgehead atoms. The van der Waals surface area contributed by atoms with Gasteiger partial charge in [0.2, 0.25) is 0 Å². The van der Waals surface area contributed by atoms with Gasteiger partial charge in [-0.3, -0.25) is 9.89 Å². The lowest BCUT2D eigenvalue weighted by atomic mass is 10.0. The number of hydrogen-bond acceptors (Lipinski definition) is 4. The Bertz CT molecular complexity index is 589. The van der Waals surface area contributed by atoms with Gasteiger partial charge in [-0.1, -0.05) is 13.8 Å². The Morgan fingerprint density at radius 3 is 2.41 bits per heavy atom. The minimum absolute atomic E-state index is 0. The molecular weight excluding hydrogens is 455 g/mol. The Kier molecular flexibility index (Phi) is 10.8. The molecule has 1 aromatic carbocycles. The first-order chi connectivity index (χ1) is 12.6. The number of nitrogens with one attached hydrogen (secondary N) is 2. The van der Waals surface area contributed by atoms with Gasteiger partial charge in [-0.05, 0) is 44.0 Å². The summed E-state index contributed by atoms with van der Waals surface area (Å²) in [6.45, 7) is 8.55. The Hall–Kier alpha value is -1.22. The van der Waals surface area contributed by atoms with Gasteiger partial charge in [0, 0.05) is 37.8 Å². The van der Waals surface area contributed by atoms with Crippen LogP contribution in [0.25, 0.3) is 0 Å². The van der Waals surface area contributed by atoms with E-state index in [0.29, 0.717) is 18.5 Å². The van der Waals surface area contributed by atoms with Crippen molar-refractivity contribution in [2.45, 2.75) is 39.3 Å². The van der Waals surface area contributed by atoms with Crippen LogP contribution in [0.15, 0.2) is 23.2 Å². The van der Waals surface area contributed by atoms with Crippen LogP contribution in [0.2, 0.25) is 0 Å². The zero-order valence-electron chi connectivity index (χ0n) is 17.2. The van der Waals surface area contributed by atoms with Crippen LogP contribution < -0.4 is 20.1 Å².